The van der Waals surface area contributed by atoms with Crippen molar-refractivity contribution in [3.63, 3.8) is 0 Å². The summed E-state index contributed by atoms with van der Waals surface area (Å²) in [6.45, 7) is 6.45. The van der Waals surface area contributed by atoms with Gasteiger partial charge in [0, 0.05) is 0 Å². The highest BCUT2D eigenvalue weighted by atomic mass is 28.3. The first kappa shape index (κ1) is 22.0. The Bertz CT molecular complexity index is 1060. The molecule has 0 spiro atoms. The second kappa shape index (κ2) is 10.4. The van der Waals surface area contributed by atoms with Gasteiger partial charge in [-0.05, 0) is 17.5 Å². The van der Waals surface area contributed by atoms with Gasteiger partial charge in [-0.15, -0.1) is 6.58 Å². The van der Waals surface area contributed by atoms with Crippen molar-refractivity contribution in [3.8, 4) is 0 Å². The average molecular weight is 435 g/mol. The summed E-state index contributed by atoms with van der Waals surface area (Å²) < 4.78 is 7.13. The first-order valence-electron chi connectivity index (χ1n) is 11.2. The maximum Gasteiger partial charge on any atom is 0.151 e. The third-order valence-electron chi connectivity index (χ3n) is 6.23. The van der Waals surface area contributed by atoms with Crippen molar-refractivity contribution in [2.24, 2.45) is 0 Å². The smallest absolute Gasteiger partial charge is 0.151 e. The minimum atomic E-state index is -2.35. The van der Waals surface area contributed by atoms with Crippen LogP contribution in [-0.4, -0.2) is 8.07 Å². The average Bonchev–Trinajstić information content (AvgIpc) is 2.88. The van der Waals surface area contributed by atoms with Crippen LogP contribution in [0.1, 0.15) is 29.4 Å². The van der Waals surface area contributed by atoms with Crippen molar-refractivity contribution >= 4 is 18.4 Å². The maximum absolute atomic E-state index is 7.13. The van der Waals surface area contributed by atoms with E-state index in [1.54, 1.807) is 0 Å². The fourth-order valence-corrected chi connectivity index (χ4v) is 8.47. The first-order chi connectivity index (χ1) is 15.7. The Balaban J connectivity index is 1.88. The summed E-state index contributed by atoms with van der Waals surface area (Å²) in [5.74, 6) is 0. The Hall–Kier alpha value is -3.20. The molecule has 4 rings (SSSR count). The lowest BCUT2D eigenvalue weighted by molar-refractivity contribution is 0.0261. The summed E-state index contributed by atoms with van der Waals surface area (Å²) in [7, 11) is -2.35. The van der Waals surface area contributed by atoms with Crippen LogP contribution in [0.3, 0.4) is 0 Å². The van der Waals surface area contributed by atoms with Crippen LogP contribution in [0.2, 0.25) is 6.55 Å². The predicted molar refractivity (Wildman–Crippen MR) is 138 cm³/mol. The molecule has 2 atom stereocenters. The molecule has 0 aliphatic rings. The zero-order chi connectivity index (χ0) is 22.2. The lowest BCUT2D eigenvalue weighted by atomic mass is 10.1. The lowest BCUT2D eigenvalue weighted by Crippen LogP contribution is -2.61. The number of ether oxygens (including phenoxy) is 1. The molecular formula is C30H30OSi. The van der Waals surface area contributed by atoms with Crippen molar-refractivity contribution in [1.29, 1.82) is 0 Å². The molecule has 0 aliphatic heterocycles. The van der Waals surface area contributed by atoms with Crippen LogP contribution < -0.4 is 10.4 Å². The molecule has 4 aromatic rings. The lowest BCUT2D eigenvalue weighted by Gasteiger charge is -2.39. The molecule has 0 aliphatic carbocycles. The summed E-state index contributed by atoms with van der Waals surface area (Å²) in [5, 5.41) is 2.73. The van der Waals surface area contributed by atoms with Crippen LogP contribution in [0, 0.1) is 0 Å². The van der Waals surface area contributed by atoms with Gasteiger partial charge in [-0.25, -0.2) is 0 Å². The highest BCUT2D eigenvalue weighted by molar-refractivity contribution is 7.02. The van der Waals surface area contributed by atoms with Crippen molar-refractivity contribution in [2.75, 3.05) is 0 Å². The molecule has 0 saturated heterocycles. The summed E-state index contributed by atoms with van der Waals surface area (Å²) in [4.78, 5) is 0. The Morgan fingerprint density at radius 1 is 0.656 bits per heavy atom. The molecule has 2 heteroatoms. The number of benzene rings is 4. The van der Waals surface area contributed by atoms with Crippen LogP contribution in [0.4, 0.5) is 0 Å². The van der Waals surface area contributed by atoms with Crippen molar-refractivity contribution in [1.82, 2.24) is 0 Å². The van der Waals surface area contributed by atoms with E-state index < -0.39 is 8.07 Å². The van der Waals surface area contributed by atoms with Gasteiger partial charge in [-0.1, -0.05) is 144 Å². The van der Waals surface area contributed by atoms with Gasteiger partial charge in [-0.2, -0.15) is 0 Å². The number of rotatable bonds is 9. The normalized spacial score (nSPS) is 13.3. The van der Waals surface area contributed by atoms with Crippen LogP contribution in [-0.2, 0) is 4.74 Å². The van der Waals surface area contributed by atoms with Crippen molar-refractivity contribution < 1.29 is 4.74 Å². The molecule has 1 nitrogen and oxygen atoms in total. The van der Waals surface area contributed by atoms with Crippen molar-refractivity contribution in [2.45, 2.75) is 24.8 Å². The van der Waals surface area contributed by atoms with Crippen LogP contribution in [0.15, 0.2) is 134 Å². The molecule has 0 aromatic heterocycles. The van der Waals surface area contributed by atoms with Gasteiger partial charge in [0.05, 0.1) is 11.8 Å². The van der Waals surface area contributed by atoms with Gasteiger partial charge < -0.3 is 4.74 Å². The van der Waals surface area contributed by atoms with E-state index in [9.17, 15) is 0 Å². The second-order valence-corrected chi connectivity index (χ2v) is 12.4. The standard InChI is InChI=1S/C30H30OSi/c1-3-16-29(25-17-8-4-9-18-25)31-30(26-19-10-5-11-20-26)32(2,27-21-12-6-13-22-27)28-23-14-7-15-24-28/h3-15,17-24,29-30H,1,16H2,2H3/t29-,30-/m0/s1. The van der Waals surface area contributed by atoms with E-state index in [2.05, 4.69) is 134 Å². The van der Waals surface area contributed by atoms with Gasteiger partial charge in [0.2, 0.25) is 0 Å². The third-order valence-corrected chi connectivity index (χ3v) is 10.8. The van der Waals surface area contributed by atoms with Gasteiger partial charge in [0.15, 0.2) is 8.07 Å². The predicted octanol–water partition coefficient (Wildman–Crippen LogP) is 6.49. The minimum absolute atomic E-state index is 0.0568. The van der Waals surface area contributed by atoms with Gasteiger partial charge >= 0.3 is 0 Å². The molecule has 0 heterocycles. The quantitative estimate of drug-likeness (QED) is 0.216. The topological polar surface area (TPSA) is 9.23 Å². The van der Waals surface area contributed by atoms with E-state index >= 15 is 0 Å². The molecule has 0 radical (unpaired) electrons. The van der Waals surface area contributed by atoms with Crippen LogP contribution in [0.25, 0.3) is 0 Å². The fourth-order valence-electron chi connectivity index (χ4n) is 4.47. The molecular weight excluding hydrogens is 404 g/mol. The molecule has 0 saturated carbocycles. The van der Waals surface area contributed by atoms with Gasteiger partial charge in [0.1, 0.15) is 0 Å². The fraction of sp³-hybridized carbons (Fsp3) is 0.133. The number of hydrogen-bond donors (Lipinski definition) is 0. The maximum atomic E-state index is 7.13. The van der Waals surface area contributed by atoms with E-state index in [1.807, 2.05) is 6.08 Å². The number of hydrogen-bond acceptors (Lipinski definition) is 1. The van der Waals surface area contributed by atoms with Gasteiger partial charge in [-0.3, -0.25) is 0 Å². The summed E-state index contributed by atoms with van der Waals surface area (Å²) >= 11 is 0. The highest BCUT2D eigenvalue weighted by Gasteiger charge is 2.43. The van der Waals surface area contributed by atoms with E-state index in [0.29, 0.717) is 0 Å². The molecule has 0 fully saturated rings. The van der Waals surface area contributed by atoms with E-state index in [0.717, 1.165) is 6.42 Å². The molecule has 0 amide bonds. The van der Waals surface area contributed by atoms with Gasteiger partial charge in [0.25, 0.3) is 0 Å². The van der Waals surface area contributed by atoms with E-state index in [4.69, 9.17) is 4.74 Å². The highest BCUT2D eigenvalue weighted by Crippen LogP contribution is 2.35. The summed E-state index contributed by atoms with van der Waals surface area (Å²) in [5.41, 5.74) is 2.35. The summed E-state index contributed by atoms with van der Waals surface area (Å²) in [6.07, 6.45) is 2.67. The Kier molecular flexibility index (Phi) is 7.16. The summed E-state index contributed by atoms with van der Waals surface area (Å²) in [6, 6.07) is 43.0. The first-order valence-corrected chi connectivity index (χ1v) is 13.8. The van der Waals surface area contributed by atoms with Crippen LogP contribution >= 0.6 is 0 Å². The molecule has 32 heavy (non-hydrogen) atoms. The molecule has 0 bridgehead atoms. The second-order valence-electron chi connectivity index (χ2n) is 8.28. The Morgan fingerprint density at radius 3 is 1.50 bits per heavy atom. The third kappa shape index (κ3) is 4.67. The minimum Gasteiger partial charge on any atom is -0.368 e. The Morgan fingerprint density at radius 2 is 1.06 bits per heavy atom. The van der Waals surface area contributed by atoms with E-state index in [1.165, 1.54) is 21.5 Å². The zero-order valence-electron chi connectivity index (χ0n) is 18.6. The van der Waals surface area contributed by atoms with E-state index in [-0.39, 0.29) is 11.8 Å². The molecule has 160 valence electrons. The molecule has 0 unspecified atom stereocenters. The Labute approximate surface area is 193 Å². The SMILES string of the molecule is C=CC[C@H](O[C@H](c1ccccc1)[Si](C)(c1ccccc1)c1ccccc1)c1ccccc1. The zero-order valence-corrected chi connectivity index (χ0v) is 19.6. The van der Waals surface area contributed by atoms with Crippen LogP contribution in [0.5, 0.6) is 0 Å². The monoisotopic (exact) mass is 434 g/mol. The molecule has 4 aromatic carbocycles. The van der Waals surface area contributed by atoms with Crippen molar-refractivity contribution in [3.05, 3.63) is 145 Å². The largest absolute Gasteiger partial charge is 0.368 e. The molecule has 0 N–H and O–H groups in total.